The fraction of sp³-hybridized carbons (Fsp3) is 0.833. The summed E-state index contributed by atoms with van der Waals surface area (Å²) in [6.45, 7) is 3.87. The summed E-state index contributed by atoms with van der Waals surface area (Å²) in [6, 6.07) is 0. The molecule has 0 radical (unpaired) electrons. The molecule has 7 heteroatoms. The van der Waals surface area contributed by atoms with Gasteiger partial charge in [0, 0.05) is 0 Å². The van der Waals surface area contributed by atoms with Gasteiger partial charge >= 0.3 is 7.60 Å². The van der Waals surface area contributed by atoms with Gasteiger partial charge in [-0.3, -0.25) is 4.57 Å². The second-order valence-electron chi connectivity index (χ2n) is 3.08. The lowest BCUT2D eigenvalue weighted by atomic mass is 10.2. The van der Waals surface area contributed by atoms with Crippen molar-refractivity contribution in [2.24, 2.45) is 16.8 Å². The molecular weight excluding hydrogens is 195 g/mol. The van der Waals surface area contributed by atoms with Gasteiger partial charge in [-0.2, -0.15) is 0 Å². The number of oxime groups is 1. The molecule has 0 saturated heterocycles. The highest BCUT2D eigenvalue weighted by atomic mass is 31.2. The van der Waals surface area contributed by atoms with Gasteiger partial charge in [-0.05, 0) is 5.92 Å². The van der Waals surface area contributed by atoms with Crippen molar-refractivity contribution in [2.75, 3.05) is 12.8 Å². The fourth-order valence-corrected chi connectivity index (χ4v) is 1.64. The van der Waals surface area contributed by atoms with Crippen LogP contribution < -0.4 is 5.73 Å². The van der Waals surface area contributed by atoms with Crippen LogP contribution in [-0.2, 0) is 9.09 Å². The molecule has 0 spiro atoms. The summed E-state index contributed by atoms with van der Waals surface area (Å²) in [5, 5.41) is 10.7. The third-order valence-electron chi connectivity index (χ3n) is 1.10. The van der Waals surface area contributed by atoms with Crippen LogP contribution in [0.4, 0.5) is 0 Å². The Morgan fingerprint density at radius 1 is 1.69 bits per heavy atom. The van der Waals surface area contributed by atoms with E-state index in [-0.39, 0.29) is 18.4 Å². The number of hydrogen-bond donors (Lipinski definition) is 3. The van der Waals surface area contributed by atoms with Crippen molar-refractivity contribution in [1.29, 1.82) is 0 Å². The monoisotopic (exact) mass is 210 g/mol. The maximum absolute atomic E-state index is 11.1. The number of hydrogen-bond acceptors (Lipinski definition) is 4. The Kier molecular flexibility index (Phi) is 4.98. The summed E-state index contributed by atoms with van der Waals surface area (Å²) in [5.74, 6) is -0.151. The first kappa shape index (κ1) is 12.4. The molecule has 4 N–H and O–H groups in total. The molecule has 0 amide bonds. The highest BCUT2D eigenvalue weighted by molar-refractivity contribution is 7.53. The van der Waals surface area contributed by atoms with Crippen molar-refractivity contribution < 1.29 is 19.2 Å². The Bertz CT molecular complexity index is 229. The standard InChI is InChI=1S/C6H15N2O4P/c1-5(2)3-12-13(10,11)4-6(7)8-9/h5,9H,3-4H2,1-2H3,(H2,7,8)(H,10,11). The lowest BCUT2D eigenvalue weighted by Crippen LogP contribution is -2.18. The first-order valence-corrected chi connectivity index (χ1v) is 5.56. The molecule has 1 unspecified atom stereocenters. The first-order valence-electron chi connectivity index (χ1n) is 3.80. The largest absolute Gasteiger partial charge is 0.409 e. The van der Waals surface area contributed by atoms with E-state index >= 15 is 0 Å². The van der Waals surface area contributed by atoms with Crippen LogP contribution >= 0.6 is 7.60 Å². The summed E-state index contributed by atoms with van der Waals surface area (Å²) < 4.78 is 15.9. The van der Waals surface area contributed by atoms with Gasteiger partial charge in [0.2, 0.25) is 0 Å². The number of nitrogens with zero attached hydrogens (tertiary/aromatic N) is 1. The van der Waals surface area contributed by atoms with E-state index in [1.165, 1.54) is 0 Å². The quantitative estimate of drug-likeness (QED) is 0.202. The Morgan fingerprint density at radius 3 is 2.62 bits per heavy atom. The minimum Gasteiger partial charge on any atom is -0.409 e. The Morgan fingerprint density at radius 2 is 2.23 bits per heavy atom. The van der Waals surface area contributed by atoms with Crippen LogP contribution in [0.15, 0.2) is 5.16 Å². The molecule has 1 atom stereocenters. The van der Waals surface area contributed by atoms with Gasteiger partial charge in [0.05, 0.1) is 6.61 Å². The Hall–Kier alpha value is -0.580. The van der Waals surface area contributed by atoms with E-state index in [0.717, 1.165) is 0 Å². The fourth-order valence-electron chi connectivity index (χ4n) is 0.548. The predicted molar refractivity (Wildman–Crippen MR) is 48.9 cm³/mol. The highest BCUT2D eigenvalue weighted by Crippen LogP contribution is 2.41. The van der Waals surface area contributed by atoms with E-state index in [2.05, 4.69) is 5.16 Å². The average Bonchev–Trinajstić information content (AvgIpc) is 2.00. The second kappa shape index (κ2) is 5.21. The molecule has 6 nitrogen and oxygen atoms in total. The predicted octanol–water partition coefficient (Wildman–Crippen LogP) is 0.591. The van der Waals surface area contributed by atoms with Gasteiger partial charge in [-0.25, -0.2) is 0 Å². The van der Waals surface area contributed by atoms with E-state index in [0.29, 0.717) is 0 Å². The molecular formula is C6H15N2O4P. The third kappa shape index (κ3) is 6.57. The number of nitrogens with two attached hydrogens (primary N) is 1. The van der Waals surface area contributed by atoms with Gasteiger partial charge in [0.1, 0.15) is 6.16 Å². The topological polar surface area (TPSA) is 105 Å². The minimum absolute atomic E-state index is 0.160. The summed E-state index contributed by atoms with van der Waals surface area (Å²) in [5.41, 5.74) is 5.05. The molecule has 0 aliphatic heterocycles. The molecule has 0 saturated carbocycles. The highest BCUT2D eigenvalue weighted by Gasteiger charge is 2.21. The van der Waals surface area contributed by atoms with Crippen LogP contribution in [0.2, 0.25) is 0 Å². The molecule has 0 aromatic carbocycles. The van der Waals surface area contributed by atoms with Crippen LogP contribution in [-0.4, -0.2) is 28.7 Å². The van der Waals surface area contributed by atoms with E-state index in [1.54, 1.807) is 0 Å². The molecule has 0 aromatic heterocycles. The lowest BCUT2D eigenvalue weighted by molar-refractivity contribution is 0.231. The van der Waals surface area contributed by atoms with E-state index in [9.17, 15) is 4.57 Å². The van der Waals surface area contributed by atoms with Crippen LogP contribution in [0.5, 0.6) is 0 Å². The van der Waals surface area contributed by atoms with Crippen LogP contribution in [0.3, 0.4) is 0 Å². The van der Waals surface area contributed by atoms with Gasteiger partial charge in [-0.1, -0.05) is 19.0 Å². The molecule has 0 bridgehead atoms. The average molecular weight is 210 g/mol. The molecule has 0 aliphatic rings. The molecule has 13 heavy (non-hydrogen) atoms. The molecule has 0 heterocycles. The van der Waals surface area contributed by atoms with Crippen molar-refractivity contribution in [1.82, 2.24) is 0 Å². The van der Waals surface area contributed by atoms with Crippen molar-refractivity contribution in [3.8, 4) is 0 Å². The number of rotatable bonds is 5. The van der Waals surface area contributed by atoms with E-state index in [4.69, 9.17) is 20.4 Å². The SMILES string of the molecule is CC(C)COP(=O)(O)CC(N)=NO. The van der Waals surface area contributed by atoms with E-state index in [1.807, 2.05) is 13.8 Å². The molecule has 0 fully saturated rings. The molecule has 0 aliphatic carbocycles. The summed E-state index contributed by atoms with van der Waals surface area (Å²) >= 11 is 0. The van der Waals surface area contributed by atoms with Gasteiger partial charge in [-0.15, -0.1) is 0 Å². The van der Waals surface area contributed by atoms with Crippen LogP contribution in [0.25, 0.3) is 0 Å². The molecule has 0 rings (SSSR count). The van der Waals surface area contributed by atoms with Crippen molar-refractivity contribution in [2.45, 2.75) is 13.8 Å². The second-order valence-corrected chi connectivity index (χ2v) is 4.93. The number of amidine groups is 1. The van der Waals surface area contributed by atoms with Crippen LogP contribution in [0.1, 0.15) is 13.8 Å². The minimum atomic E-state index is -3.73. The summed E-state index contributed by atoms with van der Waals surface area (Å²) in [7, 11) is -3.73. The molecule has 78 valence electrons. The van der Waals surface area contributed by atoms with Crippen molar-refractivity contribution in [3.05, 3.63) is 0 Å². The summed E-state index contributed by atoms with van der Waals surface area (Å²) in [6.07, 6.45) is -0.448. The van der Waals surface area contributed by atoms with Crippen molar-refractivity contribution in [3.63, 3.8) is 0 Å². The Labute approximate surface area is 76.9 Å². The lowest BCUT2D eigenvalue weighted by Gasteiger charge is -2.12. The van der Waals surface area contributed by atoms with Crippen LogP contribution in [0, 0.1) is 5.92 Å². The smallest absolute Gasteiger partial charge is 0.335 e. The van der Waals surface area contributed by atoms with Gasteiger partial charge < -0.3 is 20.4 Å². The zero-order chi connectivity index (χ0) is 10.5. The first-order chi connectivity index (χ1) is 5.87. The van der Waals surface area contributed by atoms with Gasteiger partial charge in [0.25, 0.3) is 0 Å². The normalized spacial score (nSPS) is 17.4. The Balaban J connectivity index is 4.02. The van der Waals surface area contributed by atoms with Gasteiger partial charge in [0.15, 0.2) is 5.84 Å². The third-order valence-corrected chi connectivity index (χ3v) is 2.38. The summed E-state index contributed by atoms with van der Waals surface area (Å²) in [4.78, 5) is 9.13. The zero-order valence-corrected chi connectivity index (χ0v) is 8.57. The maximum Gasteiger partial charge on any atom is 0.335 e. The maximum atomic E-state index is 11.1. The zero-order valence-electron chi connectivity index (χ0n) is 7.67. The van der Waals surface area contributed by atoms with Crippen molar-refractivity contribution >= 4 is 13.4 Å². The van der Waals surface area contributed by atoms with E-state index < -0.39 is 13.8 Å². The molecule has 0 aromatic rings.